The zero-order valence-corrected chi connectivity index (χ0v) is 11.4. The van der Waals surface area contributed by atoms with Gasteiger partial charge < -0.3 is 10.4 Å². The number of carboxylic acids is 1. The van der Waals surface area contributed by atoms with E-state index >= 15 is 0 Å². The number of nitrogens with one attached hydrogen (secondary N) is 1. The summed E-state index contributed by atoms with van der Waals surface area (Å²) in [6.07, 6.45) is 2.64. The Balaban J connectivity index is 2.07. The zero-order chi connectivity index (χ0) is 14.7. The fraction of sp³-hybridized carbons (Fsp3) is 0.467. The molecule has 5 heteroatoms. The first-order valence-electron chi connectivity index (χ1n) is 6.78. The van der Waals surface area contributed by atoms with Crippen molar-refractivity contribution in [2.24, 2.45) is 5.92 Å². The summed E-state index contributed by atoms with van der Waals surface area (Å²) in [5, 5.41) is 12.1. The molecule has 4 nitrogen and oxygen atoms in total. The molecule has 1 aromatic carbocycles. The van der Waals surface area contributed by atoms with Gasteiger partial charge in [-0.05, 0) is 44.7 Å². The van der Waals surface area contributed by atoms with Gasteiger partial charge in [-0.25, -0.2) is 4.39 Å². The Labute approximate surface area is 117 Å². The molecule has 0 atom stereocenters. The highest BCUT2D eigenvalue weighted by Crippen LogP contribution is 2.28. The third kappa shape index (κ3) is 3.15. The number of benzene rings is 1. The molecule has 0 heterocycles. The van der Waals surface area contributed by atoms with Crippen LogP contribution >= 0.6 is 0 Å². The lowest BCUT2D eigenvalue weighted by Crippen LogP contribution is -2.29. The Hall–Kier alpha value is -1.91. The minimum Gasteiger partial charge on any atom is -0.481 e. The first kappa shape index (κ1) is 14.5. The van der Waals surface area contributed by atoms with Crippen molar-refractivity contribution >= 4 is 17.4 Å². The summed E-state index contributed by atoms with van der Waals surface area (Å²) in [7, 11) is 0. The lowest BCUT2D eigenvalue weighted by molar-refractivity contribution is -0.142. The van der Waals surface area contributed by atoms with E-state index in [9.17, 15) is 14.0 Å². The van der Waals surface area contributed by atoms with Crippen molar-refractivity contribution in [2.75, 3.05) is 5.32 Å². The second-order valence-corrected chi connectivity index (χ2v) is 5.25. The predicted octanol–water partition coefficient (Wildman–Crippen LogP) is 3.08. The zero-order valence-electron chi connectivity index (χ0n) is 11.4. The van der Waals surface area contributed by atoms with Crippen LogP contribution in [-0.2, 0) is 4.79 Å². The number of ketones is 1. The number of halogens is 1. The minimum absolute atomic E-state index is 0.0767. The monoisotopic (exact) mass is 279 g/mol. The molecule has 1 saturated carbocycles. The van der Waals surface area contributed by atoms with Gasteiger partial charge in [0.1, 0.15) is 5.82 Å². The van der Waals surface area contributed by atoms with Crippen molar-refractivity contribution in [2.45, 2.75) is 38.6 Å². The number of rotatable bonds is 4. The van der Waals surface area contributed by atoms with Gasteiger partial charge >= 0.3 is 5.97 Å². The van der Waals surface area contributed by atoms with Gasteiger partial charge in [-0.1, -0.05) is 6.07 Å². The second kappa shape index (κ2) is 6.03. The van der Waals surface area contributed by atoms with Crippen LogP contribution in [0.25, 0.3) is 0 Å². The van der Waals surface area contributed by atoms with Crippen LogP contribution in [0, 0.1) is 11.7 Å². The summed E-state index contributed by atoms with van der Waals surface area (Å²) in [5.41, 5.74) is 0.573. The number of anilines is 1. The summed E-state index contributed by atoms with van der Waals surface area (Å²) in [6.45, 7) is 1.34. The summed E-state index contributed by atoms with van der Waals surface area (Å²) in [5.74, 6) is -1.88. The number of Topliss-reactive ketones (excluding diaryl/α,β-unsaturated/α-hetero) is 1. The van der Waals surface area contributed by atoms with E-state index in [2.05, 4.69) is 5.32 Å². The van der Waals surface area contributed by atoms with E-state index in [0.29, 0.717) is 31.4 Å². The molecule has 2 rings (SSSR count). The summed E-state index contributed by atoms with van der Waals surface area (Å²) >= 11 is 0. The van der Waals surface area contributed by atoms with Crippen LogP contribution in [0.4, 0.5) is 10.1 Å². The standard InChI is InChI=1S/C15H18FNO3/c1-9(18)14-12(16)3-2-4-13(14)17-11-7-5-10(6-8-11)15(19)20/h2-4,10-11,17H,5-8H2,1H3,(H,19,20). The topological polar surface area (TPSA) is 66.4 Å². The van der Waals surface area contributed by atoms with Crippen LogP contribution in [0.15, 0.2) is 18.2 Å². The van der Waals surface area contributed by atoms with Gasteiger partial charge in [0, 0.05) is 11.7 Å². The largest absolute Gasteiger partial charge is 0.481 e. The van der Waals surface area contributed by atoms with Gasteiger partial charge in [0.25, 0.3) is 0 Å². The molecule has 0 unspecified atom stereocenters. The van der Waals surface area contributed by atoms with Crippen LogP contribution in [0.5, 0.6) is 0 Å². The van der Waals surface area contributed by atoms with Gasteiger partial charge in [0.2, 0.25) is 0 Å². The molecule has 1 fully saturated rings. The normalized spacial score (nSPS) is 22.3. The van der Waals surface area contributed by atoms with Crippen molar-refractivity contribution in [3.05, 3.63) is 29.6 Å². The number of hydrogen-bond acceptors (Lipinski definition) is 3. The van der Waals surface area contributed by atoms with Crippen LogP contribution in [0.1, 0.15) is 43.0 Å². The Morgan fingerprint density at radius 2 is 1.90 bits per heavy atom. The molecule has 0 saturated heterocycles. The third-order valence-corrected chi connectivity index (χ3v) is 3.80. The fourth-order valence-corrected chi connectivity index (χ4v) is 2.71. The Bertz CT molecular complexity index is 522. The van der Waals surface area contributed by atoms with Crippen molar-refractivity contribution < 1.29 is 19.1 Å². The summed E-state index contributed by atoms with van der Waals surface area (Å²) < 4.78 is 13.7. The van der Waals surface area contributed by atoms with Gasteiger partial charge in [0.05, 0.1) is 11.5 Å². The predicted molar refractivity (Wildman–Crippen MR) is 73.4 cm³/mol. The number of hydrogen-bond donors (Lipinski definition) is 2. The van der Waals surface area contributed by atoms with Crippen molar-refractivity contribution in [1.29, 1.82) is 0 Å². The molecule has 108 valence electrons. The van der Waals surface area contributed by atoms with Crippen molar-refractivity contribution in [3.8, 4) is 0 Å². The molecular formula is C15H18FNO3. The molecule has 0 amide bonds. The van der Waals surface area contributed by atoms with E-state index in [4.69, 9.17) is 5.11 Å². The summed E-state index contributed by atoms with van der Waals surface area (Å²) in [4.78, 5) is 22.4. The highest BCUT2D eigenvalue weighted by Gasteiger charge is 2.26. The van der Waals surface area contributed by atoms with E-state index in [1.54, 1.807) is 12.1 Å². The van der Waals surface area contributed by atoms with Gasteiger partial charge in [-0.15, -0.1) is 0 Å². The Morgan fingerprint density at radius 1 is 1.25 bits per heavy atom. The second-order valence-electron chi connectivity index (χ2n) is 5.25. The minimum atomic E-state index is -0.751. The van der Waals surface area contributed by atoms with E-state index in [1.807, 2.05) is 0 Å². The molecule has 1 aliphatic carbocycles. The first-order chi connectivity index (χ1) is 9.49. The number of carboxylic acid groups (broad SMARTS) is 1. The first-order valence-corrected chi connectivity index (χ1v) is 6.78. The van der Waals surface area contributed by atoms with Crippen LogP contribution in [0.2, 0.25) is 0 Å². The molecule has 0 spiro atoms. The average molecular weight is 279 g/mol. The molecule has 0 bridgehead atoms. The Kier molecular flexibility index (Phi) is 4.37. The average Bonchev–Trinajstić information content (AvgIpc) is 2.39. The van der Waals surface area contributed by atoms with E-state index in [0.717, 1.165) is 0 Å². The number of aliphatic carboxylic acids is 1. The van der Waals surface area contributed by atoms with Gasteiger partial charge in [-0.2, -0.15) is 0 Å². The lowest BCUT2D eigenvalue weighted by atomic mass is 9.86. The molecule has 0 aliphatic heterocycles. The van der Waals surface area contributed by atoms with E-state index in [-0.39, 0.29) is 23.3 Å². The number of carbonyl (C=O) groups is 2. The molecular weight excluding hydrogens is 261 g/mol. The summed E-state index contributed by atoms with van der Waals surface area (Å²) in [6, 6.07) is 4.60. The van der Waals surface area contributed by atoms with E-state index < -0.39 is 11.8 Å². The maximum Gasteiger partial charge on any atom is 0.306 e. The molecule has 20 heavy (non-hydrogen) atoms. The molecule has 1 aromatic rings. The maximum atomic E-state index is 13.7. The Morgan fingerprint density at radius 3 is 2.45 bits per heavy atom. The molecule has 1 aliphatic rings. The smallest absolute Gasteiger partial charge is 0.306 e. The highest BCUT2D eigenvalue weighted by molar-refractivity contribution is 5.99. The number of carbonyl (C=O) groups excluding carboxylic acids is 1. The highest BCUT2D eigenvalue weighted by atomic mass is 19.1. The van der Waals surface area contributed by atoms with E-state index in [1.165, 1.54) is 13.0 Å². The molecule has 0 radical (unpaired) electrons. The fourth-order valence-electron chi connectivity index (χ4n) is 2.71. The van der Waals surface area contributed by atoms with Gasteiger partial charge in [-0.3, -0.25) is 9.59 Å². The van der Waals surface area contributed by atoms with Gasteiger partial charge in [0.15, 0.2) is 5.78 Å². The molecule has 2 N–H and O–H groups in total. The van der Waals surface area contributed by atoms with Crippen LogP contribution < -0.4 is 5.32 Å². The SMILES string of the molecule is CC(=O)c1c(F)cccc1NC1CCC(C(=O)O)CC1. The molecule has 0 aromatic heterocycles. The lowest BCUT2D eigenvalue weighted by Gasteiger charge is -2.28. The van der Waals surface area contributed by atoms with Crippen LogP contribution in [-0.4, -0.2) is 22.9 Å². The van der Waals surface area contributed by atoms with Crippen molar-refractivity contribution in [3.63, 3.8) is 0 Å². The maximum absolute atomic E-state index is 13.7. The van der Waals surface area contributed by atoms with Crippen LogP contribution in [0.3, 0.4) is 0 Å². The van der Waals surface area contributed by atoms with Crippen molar-refractivity contribution in [1.82, 2.24) is 0 Å². The third-order valence-electron chi connectivity index (χ3n) is 3.80. The quantitative estimate of drug-likeness (QED) is 0.831.